The van der Waals surface area contributed by atoms with Crippen LogP contribution in [-0.2, 0) is 16.1 Å². The molecule has 1 saturated heterocycles. The smallest absolute Gasteiger partial charge is 0.407 e. The molecule has 0 saturated carbocycles. The van der Waals surface area contributed by atoms with Crippen LogP contribution in [0.4, 0.5) is 4.79 Å². The Labute approximate surface area is 221 Å². The van der Waals surface area contributed by atoms with E-state index in [0.717, 1.165) is 30.6 Å². The normalized spacial score (nSPS) is 16.9. The Morgan fingerprint density at radius 3 is 2.67 bits per heavy atom. The number of likely N-dealkylation sites (N-methyl/N-ethyl adjacent to an activating group) is 1. The number of carbonyl (C=O) groups is 2. The first-order valence-electron chi connectivity index (χ1n) is 12.4. The second-order valence-corrected chi connectivity index (χ2v) is 10.6. The summed E-state index contributed by atoms with van der Waals surface area (Å²) in [4.78, 5) is 31.4. The van der Waals surface area contributed by atoms with Gasteiger partial charge < -0.3 is 25.6 Å². The molecule has 0 bridgehead atoms. The van der Waals surface area contributed by atoms with Crippen molar-refractivity contribution in [3.63, 3.8) is 0 Å². The quantitative estimate of drug-likeness (QED) is 0.447. The number of benzene rings is 1. The summed E-state index contributed by atoms with van der Waals surface area (Å²) in [7, 11) is 1.74. The first-order valence-corrected chi connectivity index (χ1v) is 12.8. The van der Waals surface area contributed by atoms with Gasteiger partial charge in [-0.1, -0.05) is 42.5 Å². The maximum absolute atomic E-state index is 13.3. The number of hydrogen-bond acceptors (Lipinski definition) is 6. The van der Waals surface area contributed by atoms with Crippen LogP contribution < -0.4 is 11.1 Å². The minimum absolute atomic E-state index is 0.0381. The van der Waals surface area contributed by atoms with E-state index in [4.69, 9.17) is 22.1 Å². The molecule has 2 amide bonds. The van der Waals surface area contributed by atoms with Gasteiger partial charge in [0.25, 0.3) is 5.91 Å². The number of nitrogens with zero attached hydrogens (tertiary/aromatic N) is 3. The molecule has 2 rings (SSSR count). The van der Waals surface area contributed by atoms with Crippen molar-refractivity contribution < 1.29 is 14.3 Å². The standard InChI is InChI=1S/C27H42ClN5O3/c1-20(11-9-15-29)31(6)25(34)21(2)33(17-22-12-7-8-14-24(22)28)19-32-16-10-13-23(18-32)30-26(35)36-27(3,4)5/h7-8,11-12,14,23H,2,9-10,13,15-19,29H2,1,3-6H3,(H,30,35). The highest BCUT2D eigenvalue weighted by Crippen LogP contribution is 2.22. The van der Waals surface area contributed by atoms with Gasteiger partial charge in [0.2, 0.25) is 0 Å². The molecule has 0 aromatic heterocycles. The second kappa shape index (κ2) is 13.7. The minimum atomic E-state index is -0.551. The van der Waals surface area contributed by atoms with Crippen LogP contribution in [0.1, 0.15) is 52.5 Å². The Hall–Kier alpha value is -2.55. The molecule has 0 radical (unpaired) electrons. The lowest BCUT2D eigenvalue weighted by atomic mass is 10.1. The van der Waals surface area contributed by atoms with Gasteiger partial charge in [-0.2, -0.15) is 0 Å². The third-order valence-electron chi connectivity index (χ3n) is 5.98. The molecule has 1 unspecified atom stereocenters. The molecule has 1 atom stereocenters. The highest BCUT2D eigenvalue weighted by atomic mass is 35.5. The molecule has 1 fully saturated rings. The topological polar surface area (TPSA) is 91.1 Å². The van der Waals surface area contributed by atoms with Gasteiger partial charge in [-0.05, 0) is 71.7 Å². The number of alkyl carbamates (subject to hydrolysis) is 1. The fraction of sp³-hybridized carbons (Fsp3) is 0.556. The number of allylic oxidation sites excluding steroid dienone is 1. The van der Waals surface area contributed by atoms with Crippen LogP contribution in [0.25, 0.3) is 0 Å². The third-order valence-corrected chi connectivity index (χ3v) is 6.35. The van der Waals surface area contributed by atoms with Crippen LogP contribution in [0, 0.1) is 0 Å². The average molecular weight is 520 g/mol. The average Bonchev–Trinajstić information content (AvgIpc) is 2.81. The molecule has 1 aliphatic rings. The third kappa shape index (κ3) is 9.48. The summed E-state index contributed by atoms with van der Waals surface area (Å²) in [5.41, 5.74) is 7.17. The first kappa shape index (κ1) is 29.7. The Kier molecular flexibility index (Phi) is 11.3. The van der Waals surface area contributed by atoms with Crippen molar-refractivity contribution in [2.45, 2.75) is 65.1 Å². The van der Waals surface area contributed by atoms with Crippen LogP contribution in [0.5, 0.6) is 0 Å². The molecule has 36 heavy (non-hydrogen) atoms. The van der Waals surface area contributed by atoms with Crippen molar-refractivity contribution in [2.24, 2.45) is 5.73 Å². The van der Waals surface area contributed by atoms with Gasteiger partial charge in [0, 0.05) is 36.9 Å². The van der Waals surface area contributed by atoms with Crippen LogP contribution in [-0.4, -0.2) is 71.7 Å². The van der Waals surface area contributed by atoms with E-state index in [0.29, 0.717) is 43.4 Å². The Morgan fingerprint density at radius 2 is 2.03 bits per heavy atom. The highest BCUT2D eigenvalue weighted by Gasteiger charge is 2.27. The maximum Gasteiger partial charge on any atom is 0.407 e. The molecule has 3 N–H and O–H groups in total. The lowest BCUT2D eigenvalue weighted by Crippen LogP contribution is -2.51. The van der Waals surface area contributed by atoms with Gasteiger partial charge in [-0.25, -0.2) is 4.79 Å². The molecule has 200 valence electrons. The van der Waals surface area contributed by atoms with Crippen molar-refractivity contribution in [3.05, 3.63) is 58.9 Å². The summed E-state index contributed by atoms with van der Waals surface area (Å²) in [6.45, 7) is 14.5. The number of amides is 2. The fourth-order valence-corrected chi connectivity index (χ4v) is 4.19. The number of carbonyl (C=O) groups excluding carboxylic acids is 2. The number of nitrogens with one attached hydrogen (secondary N) is 1. The summed E-state index contributed by atoms with van der Waals surface area (Å²) in [5, 5.41) is 3.62. The summed E-state index contributed by atoms with van der Waals surface area (Å²) < 4.78 is 5.42. The summed E-state index contributed by atoms with van der Waals surface area (Å²) >= 11 is 6.45. The van der Waals surface area contributed by atoms with E-state index < -0.39 is 11.7 Å². The van der Waals surface area contributed by atoms with Crippen LogP contribution in [0.15, 0.2) is 48.3 Å². The predicted octanol–water partition coefficient (Wildman–Crippen LogP) is 4.31. The molecular formula is C27H42ClN5O3. The lowest BCUT2D eigenvalue weighted by molar-refractivity contribution is -0.126. The van der Waals surface area contributed by atoms with Gasteiger partial charge in [-0.3, -0.25) is 9.69 Å². The van der Waals surface area contributed by atoms with E-state index in [9.17, 15) is 9.59 Å². The van der Waals surface area contributed by atoms with Gasteiger partial charge >= 0.3 is 6.09 Å². The predicted molar refractivity (Wildman–Crippen MR) is 145 cm³/mol. The highest BCUT2D eigenvalue weighted by molar-refractivity contribution is 6.31. The number of nitrogens with two attached hydrogens (primary N) is 1. The summed E-state index contributed by atoms with van der Waals surface area (Å²) in [6.07, 6.45) is 4.01. The van der Waals surface area contributed by atoms with Gasteiger partial charge in [0.15, 0.2) is 0 Å². The molecule has 8 nitrogen and oxygen atoms in total. The van der Waals surface area contributed by atoms with E-state index in [-0.39, 0.29) is 11.9 Å². The monoisotopic (exact) mass is 519 g/mol. The van der Waals surface area contributed by atoms with Crippen LogP contribution in [0.3, 0.4) is 0 Å². The number of halogens is 1. The van der Waals surface area contributed by atoms with Gasteiger partial charge in [0.1, 0.15) is 5.60 Å². The zero-order chi connectivity index (χ0) is 26.9. The zero-order valence-corrected chi connectivity index (χ0v) is 23.1. The Balaban J connectivity index is 2.16. The fourth-order valence-electron chi connectivity index (χ4n) is 4.00. The molecule has 1 aliphatic heterocycles. The molecule has 0 aliphatic carbocycles. The largest absolute Gasteiger partial charge is 0.444 e. The molecule has 0 spiro atoms. The first-order chi connectivity index (χ1) is 16.9. The van der Waals surface area contributed by atoms with E-state index in [2.05, 4.69) is 16.8 Å². The van der Waals surface area contributed by atoms with Gasteiger partial charge in [0.05, 0.1) is 12.4 Å². The number of rotatable bonds is 10. The number of hydrogen-bond donors (Lipinski definition) is 2. The molecule has 9 heteroatoms. The summed E-state index contributed by atoms with van der Waals surface area (Å²) in [5.74, 6) is -0.187. The Morgan fingerprint density at radius 1 is 1.33 bits per heavy atom. The number of likely N-dealkylation sites (tertiary alicyclic amines) is 1. The second-order valence-electron chi connectivity index (χ2n) is 10.2. The van der Waals surface area contributed by atoms with E-state index in [1.165, 1.54) is 0 Å². The van der Waals surface area contributed by atoms with Crippen LogP contribution in [0.2, 0.25) is 5.02 Å². The molecule has 1 aromatic rings. The molecule has 1 aromatic carbocycles. The number of piperidine rings is 1. The van der Waals surface area contributed by atoms with E-state index in [1.54, 1.807) is 11.9 Å². The van der Waals surface area contributed by atoms with Crippen molar-refractivity contribution in [3.8, 4) is 0 Å². The molecular weight excluding hydrogens is 478 g/mol. The van der Waals surface area contributed by atoms with E-state index >= 15 is 0 Å². The van der Waals surface area contributed by atoms with E-state index in [1.807, 2.05) is 62.9 Å². The molecule has 1 heterocycles. The summed E-state index contributed by atoms with van der Waals surface area (Å²) in [6, 6.07) is 7.56. The van der Waals surface area contributed by atoms with Crippen molar-refractivity contribution in [2.75, 3.05) is 33.4 Å². The van der Waals surface area contributed by atoms with Crippen molar-refractivity contribution in [1.82, 2.24) is 20.0 Å². The zero-order valence-electron chi connectivity index (χ0n) is 22.3. The SMILES string of the molecule is C=C(C(=O)N(C)C(C)=CCCN)N(Cc1ccccc1Cl)CN1CCCC(NC(=O)OC(C)(C)C)C1. The lowest BCUT2D eigenvalue weighted by Gasteiger charge is -2.38. The van der Waals surface area contributed by atoms with Crippen LogP contribution >= 0.6 is 11.6 Å². The number of ether oxygens (including phenoxy) is 1. The van der Waals surface area contributed by atoms with Crippen molar-refractivity contribution in [1.29, 1.82) is 0 Å². The maximum atomic E-state index is 13.3. The minimum Gasteiger partial charge on any atom is -0.444 e. The Bertz CT molecular complexity index is 944. The van der Waals surface area contributed by atoms with Crippen molar-refractivity contribution >= 4 is 23.6 Å². The van der Waals surface area contributed by atoms with Gasteiger partial charge in [-0.15, -0.1) is 0 Å².